The Bertz CT molecular complexity index is 911. The molecule has 0 saturated carbocycles. The molecule has 7 nitrogen and oxygen atoms in total. The average molecular weight is 407 g/mol. The fourth-order valence-corrected chi connectivity index (χ4v) is 3.52. The Morgan fingerprint density at radius 2 is 2.22 bits per heavy atom. The molecule has 142 valence electrons. The number of nitrogens with one attached hydrogen (secondary N) is 1. The van der Waals surface area contributed by atoms with Crippen LogP contribution in [0.3, 0.4) is 0 Å². The molecule has 3 aromatic rings. The lowest BCUT2D eigenvalue weighted by molar-refractivity contribution is -0.118. The molecule has 0 unspecified atom stereocenters. The van der Waals surface area contributed by atoms with E-state index >= 15 is 0 Å². The van der Waals surface area contributed by atoms with Gasteiger partial charge in [0.15, 0.2) is 11.0 Å². The van der Waals surface area contributed by atoms with Crippen molar-refractivity contribution >= 4 is 29.3 Å². The van der Waals surface area contributed by atoms with Gasteiger partial charge in [-0.25, -0.2) is 0 Å². The Morgan fingerprint density at radius 1 is 1.37 bits per heavy atom. The number of thioether (sulfide) groups is 1. The van der Waals surface area contributed by atoms with E-state index in [-0.39, 0.29) is 11.7 Å². The summed E-state index contributed by atoms with van der Waals surface area (Å²) in [4.78, 5) is 12.1. The molecular formula is C18H19ClN4O3S. The van der Waals surface area contributed by atoms with Gasteiger partial charge >= 0.3 is 0 Å². The number of carbonyl (C=O) groups excluding carboxylic acids is 1. The van der Waals surface area contributed by atoms with Crippen molar-refractivity contribution in [3.63, 3.8) is 0 Å². The third kappa shape index (κ3) is 4.64. The predicted octanol–water partition coefficient (Wildman–Crippen LogP) is 3.63. The van der Waals surface area contributed by atoms with Gasteiger partial charge in [0.05, 0.1) is 31.2 Å². The highest BCUT2D eigenvalue weighted by atomic mass is 35.5. The third-order valence-electron chi connectivity index (χ3n) is 3.81. The highest BCUT2D eigenvalue weighted by molar-refractivity contribution is 7.99. The van der Waals surface area contributed by atoms with Crippen LogP contribution in [0.1, 0.15) is 12.7 Å². The molecule has 0 fully saturated rings. The van der Waals surface area contributed by atoms with Gasteiger partial charge in [-0.3, -0.25) is 4.79 Å². The first-order valence-corrected chi connectivity index (χ1v) is 9.67. The van der Waals surface area contributed by atoms with Crippen molar-refractivity contribution in [2.75, 3.05) is 12.9 Å². The molecule has 0 atom stereocenters. The molecule has 0 aliphatic heterocycles. The monoisotopic (exact) mass is 406 g/mol. The number of hydrogen-bond donors (Lipinski definition) is 1. The van der Waals surface area contributed by atoms with E-state index in [9.17, 15) is 4.79 Å². The van der Waals surface area contributed by atoms with E-state index in [1.807, 2.05) is 17.6 Å². The van der Waals surface area contributed by atoms with Crippen LogP contribution in [0.15, 0.2) is 46.2 Å². The number of carbonyl (C=O) groups is 1. The summed E-state index contributed by atoms with van der Waals surface area (Å²) in [5.41, 5.74) is 0.758. The molecule has 1 amide bonds. The lowest BCUT2D eigenvalue weighted by atomic mass is 10.2. The van der Waals surface area contributed by atoms with E-state index in [4.69, 9.17) is 20.8 Å². The third-order valence-corrected chi connectivity index (χ3v) is 5.01. The summed E-state index contributed by atoms with van der Waals surface area (Å²) in [5.74, 6) is 2.14. The second-order valence-electron chi connectivity index (χ2n) is 5.54. The fourth-order valence-electron chi connectivity index (χ4n) is 2.51. The van der Waals surface area contributed by atoms with Crippen LogP contribution in [-0.4, -0.2) is 33.5 Å². The number of nitrogens with zero attached hydrogens (tertiary/aromatic N) is 3. The van der Waals surface area contributed by atoms with E-state index in [0.717, 1.165) is 5.56 Å². The van der Waals surface area contributed by atoms with Gasteiger partial charge in [0.2, 0.25) is 5.91 Å². The summed E-state index contributed by atoms with van der Waals surface area (Å²) < 4.78 is 12.5. The zero-order valence-electron chi connectivity index (χ0n) is 14.9. The SMILES string of the molecule is CCn1c(SCC(=O)NCc2ccco2)nnc1-c1cc(Cl)ccc1OC. The van der Waals surface area contributed by atoms with Crippen molar-refractivity contribution in [3.05, 3.63) is 47.4 Å². The summed E-state index contributed by atoms with van der Waals surface area (Å²) in [5, 5.41) is 12.6. The van der Waals surface area contributed by atoms with Gasteiger partial charge in [0.25, 0.3) is 0 Å². The number of methoxy groups -OCH3 is 1. The maximum atomic E-state index is 12.1. The summed E-state index contributed by atoms with van der Waals surface area (Å²) in [6.45, 7) is 3.00. The lowest BCUT2D eigenvalue weighted by Crippen LogP contribution is -2.24. The maximum absolute atomic E-state index is 12.1. The Hall–Kier alpha value is -2.45. The van der Waals surface area contributed by atoms with Gasteiger partial charge < -0.3 is 19.0 Å². The lowest BCUT2D eigenvalue weighted by Gasteiger charge is -2.11. The Morgan fingerprint density at radius 3 is 2.93 bits per heavy atom. The van der Waals surface area contributed by atoms with Crippen molar-refractivity contribution in [2.45, 2.75) is 25.2 Å². The topological polar surface area (TPSA) is 82.2 Å². The summed E-state index contributed by atoms with van der Waals surface area (Å²) >= 11 is 7.45. The van der Waals surface area contributed by atoms with Crippen LogP contribution >= 0.6 is 23.4 Å². The van der Waals surface area contributed by atoms with E-state index in [1.54, 1.807) is 37.6 Å². The van der Waals surface area contributed by atoms with Gasteiger partial charge in [0.1, 0.15) is 11.5 Å². The molecule has 0 aliphatic rings. The molecule has 0 saturated heterocycles. The minimum absolute atomic E-state index is 0.107. The standard InChI is InChI=1S/C18H19ClN4O3S/c1-3-23-17(14-9-12(19)6-7-15(14)25-2)21-22-18(23)27-11-16(24)20-10-13-5-4-8-26-13/h4-9H,3,10-11H2,1-2H3,(H,20,24). The largest absolute Gasteiger partial charge is 0.496 e. The van der Waals surface area contributed by atoms with Crippen LogP contribution in [0, 0.1) is 0 Å². The molecule has 9 heteroatoms. The van der Waals surface area contributed by atoms with Crippen LogP contribution in [-0.2, 0) is 17.9 Å². The van der Waals surface area contributed by atoms with Gasteiger partial charge in [-0.2, -0.15) is 0 Å². The highest BCUT2D eigenvalue weighted by Gasteiger charge is 2.18. The van der Waals surface area contributed by atoms with Gasteiger partial charge in [-0.1, -0.05) is 23.4 Å². The Kier molecular flexibility index (Phi) is 6.41. The average Bonchev–Trinajstić information content (AvgIpc) is 3.33. The van der Waals surface area contributed by atoms with Crippen LogP contribution in [0.25, 0.3) is 11.4 Å². The van der Waals surface area contributed by atoms with Gasteiger partial charge in [-0.15, -0.1) is 10.2 Å². The van der Waals surface area contributed by atoms with Crippen molar-refractivity contribution in [2.24, 2.45) is 0 Å². The van der Waals surface area contributed by atoms with E-state index < -0.39 is 0 Å². The molecule has 0 spiro atoms. The number of furan rings is 1. The van der Waals surface area contributed by atoms with Crippen molar-refractivity contribution in [3.8, 4) is 17.1 Å². The number of hydrogen-bond acceptors (Lipinski definition) is 6. The minimum Gasteiger partial charge on any atom is -0.496 e. The molecule has 0 bridgehead atoms. The van der Waals surface area contributed by atoms with Crippen molar-refractivity contribution in [1.29, 1.82) is 0 Å². The molecule has 0 aliphatic carbocycles. The van der Waals surface area contributed by atoms with Crippen LogP contribution in [0.2, 0.25) is 5.02 Å². The summed E-state index contributed by atoms with van der Waals surface area (Å²) in [6.07, 6.45) is 1.58. The predicted molar refractivity (Wildman–Crippen MR) is 104 cm³/mol. The van der Waals surface area contributed by atoms with Crippen LogP contribution < -0.4 is 10.1 Å². The number of rotatable bonds is 8. The minimum atomic E-state index is -0.107. The highest BCUT2D eigenvalue weighted by Crippen LogP contribution is 2.33. The van der Waals surface area contributed by atoms with E-state index in [2.05, 4.69) is 15.5 Å². The first-order valence-electron chi connectivity index (χ1n) is 8.31. The van der Waals surface area contributed by atoms with Crippen molar-refractivity contribution in [1.82, 2.24) is 20.1 Å². The van der Waals surface area contributed by atoms with Gasteiger partial charge in [-0.05, 0) is 37.3 Å². The second kappa shape index (κ2) is 8.96. The fraction of sp³-hybridized carbons (Fsp3) is 0.278. The summed E-state index contributed by atoms with van der Waals surface area (Å²) in [6, 6.07) is 8.94. The van der Waals surface area contributed by atoms with E-state index in [0.29, 0.717) is 40.6 Å². The zero-order chi connectivity index (χ0) is 19.2. The molecular weight excluding hydrogens is 388 g/mol. The Balaban J connectivity index is 1.71. The van der Waals surface area contributed by atoms with Crippen molar-refractivity contribution < 1.29 is 13.9 Å². The Labute approximate surface area is 166 Å². The van der Waals surface area contributed by atoms with Crippen LogP contribution in [0.4, 0.5) is 0 Å². The van der Waals surface area contributed by atoms with E-state index in [1.165, 1.54) is 11.8 Å². The van der Waals surface area contributed by atoms with Crippen LogP contribution in [0.5, 0.6) is 5.75 Å². The first kappa shape index (κ1) is 19.3. The zero-order valence-corrected chi connectivity index (χ0v) is 16.5. The maximum Gasteiger partial charge on any atom is 0.230 e. The molecule has 0 radical (unpaired) electrons. The molecule has 2 aromatic heterocycles. The normalized spacial score (nSPS) is 10.8. The van der Waals surface area contributed by atoms with Gasteiger partial charge in [0, 0.05) is 11.6 Å². The molecule has 1 N–H and O–H groups in total. The molecule has 2 heterocycles. The second-order valence-corrected chi connectivity index (χ2v) is 6.92. The number of ether oxygens (including phenoxy) is 1. The number of halogens is 1. The summed E-state index contributed by atoms with van der Waals surface area (Å²) in [7, 11) is 1.60. The molecule has 1 aromatic carbocycles. The number of aromatic nitrogens is 3. The molecule has 27 heavy (non-hydrogen) atoms. The first-order chi connectivity index (χ1) is 13.1. The smallest absolute Gasteiger partial charge is 0.230 e. The molecule has 3 rings (SSSR count). The quantitative estimate of drug-likeness (QED) is 0.575. The number of benzene rings is 1. The number of amides is 1.